The third-order valence-electron chi connectivity index (χ3n) is 8.56. The molecule has 3 heterocycles. The first-order valence-corrected chi connectivity index (χ1v) is 15.3. The van der Waals surface area contributed by atoms with Gasteiger partial charge in [-0.05, 0) is 60.1 Å². The molecule has 6 unspecified atom stereocenters. The Bertz CT molecular complexity index is 1610. The predicted molar refractivity (Wildman–Crippen MR) is 152 cm³/mol. The van der Waals surface area contributed by atoms with Crippen LogP contribution in [0.3, 0.4) is 0 Å². The number of hydrogen-bond acceptors (Lipinski definition) is 6. The molecule has 2 bridgehead atoms. The van der Waals surface area contributed by atoms with E-state index in [1.165, 1.54) is 0 Å². The number of nitrogens with one attached hydrogen (secondary N) is 2. The highest BCUT2D eigenvalue weighted by Crippen LogP contribution is 2.68. The number of thioether (sulfide) groups is 1. The predicted octanol–water partition coefficient (Wildman–Crippen LogP) is 5.51. The molecule has 2 aliphatic heterocycles. The minimum absolute atomic E-state index is 0.00393. The molecule has 1 saturated heterocycles. The first-order valence-electron chi connectivity index (χ1n) is 12.5. The van der Waals surface area contributed by atoms with Gasteiger partial charge in [-0.1, -0.05) is 58.3 Å². The van der Waals surface area contributed by atoms with Gasteiger partial charge >= 0.3 is 4.87 Å². The zero-order chi connectivity index (χ0) is 27.2. The molecule has 3 amide bonds. The smallest absolute Gasteiger partial charge is 0.305 e. The van der Waals surface area contributed by atoms with Crippen LogP contribution < -0.4 is 10.2 Å². The van der Waals surface area contributed by atoms with Gasteiger partial charge in [0.15, 0.2) is 0 Å². The molecule has 2 aromatic carbocycles. The van der Waals surface area contributed by atoms with Crippen molar-refractivity contribution in [3.05, 3.63) is 77.6 Å². The van der Waals surface area contributed by atoms with Crippen LogP contribution in [0.4, 0.5) is 5.69 Å². The number of halogens is 3. The van der Waals surface area contributed by atoms with Crippen LogP contribution in [0, 0.1) is 29.6 Å². The number of benzene rings is 2. The number of H-pyrrole nitrogens is 1. The van der Waals surface area contributed by atoms with Crippen molar-refractivity contribution >= 4 is 81.3 Å². The molecular formula is C27H20Cl3N3O4S2. The number of amides is 3. The van der Waals surface area contributed by atoms with Crippen molar-refractivity contribution < 1.29 is 14.4 Å². The first-order chi connectivity index (χ1) is 18.7. The zero-order valence-electron chi connectivity index (χ0n) is 20.0. The number of carbonyl (C=O) groups excluding carboxylic acids is 3. The summed E-state index contributed by atoms with van der Waals surface area (Å²) in [5.74, 6) is -2.34. The largest absolute Gasteiger partial charge is 0.325 e. The number of thiazole rings is 1. The standard InChI is InChI=1S/C27H20Cl3N3O4S2/c28-10-4-6-11(7-5-10)31-16(34)9-33-25(35)19-13-8-14(20(19)26(33)36)22-18(13)17(12-2-1-3-15(29)21(12)30)23-24(38-22)32-27(37)39-23/h1-7,13-14,17-20,22H,8-9H2,(H,31,34)(H,32,37)/t13?,14?,17-,18?,19?,20?,22?/m1/s1. The van der Waals surface area contributed by atoms with Crippen LogP contribution in [0.1, 0.15) is 22.8 Å². The van der Waals surface area contributed by atoms with E-state index < -0.39 is 17.7 Å². The van der Waals surface area contributed by atoms with E-state index in [0.29, 0.717) is 20.8 Å². The number of nitrogens with zero attached hydrogens (tertiary/aromatic N) is 1. The van der Waals surface area contributed by atoms with E-state index >= 15 is 0 Å². The summed E-state index contributed by atoms with van der Waals surface area (Å²) in [5, 5.41) is 4.97. The number of fused-ring (bicyclic) bond motifs is 9. The van der Waals surface area contributed by atoms with Crippen molar-refractivity contribution in [1.29, 1.82) is 0 Å². The van der Waals surface area contributed by atoms with Crippen LogP contribution in [-0.4, -0.2) is 39.4 Å². The van der Waals surface area contributed by atoms with Crippen LogP contribution in [-0.2, 0) is 14.4 Å². The lowest BCUT2D eigenvalue weighted by atomic mass is 9.68. The normalized spacial score (nSPS) is 30.3. The number of imide groups is 1. The Hall–Kier alpha value is -2.30. The topological polar surface area (TPSA) is 99.3 Å². The third-order valence-corrected chi connectivity index (χ3v) is 12.2. The van der Waals surface area contributed by atoms with Gasteiger partial charge in [0.25, 0.3) is 0 Å². The molecule has 12 heteroatoms. The number of hydrogen-bond donors (Lipinski definition) is 2. The Labute approximate surface area is 246 Å². The number of aromatic amines is 1. The minimum atomic E-state index is -0.495. The summed E-state index contributed by atoms with van der Waals surface area (Å²) in [7, 11) is 0. The van der Waals surface area contributed by atoms with Crippen molar-refractivity contribution in [3.63, 3.8) is 0 Å². The zero-order valence-corrected chi connectivity index (χ0v) is 23.9. The van der Waals surface area contributed by atoms with Gasteiger partial charge in [-0.3, -0.25) is 24.1 Å². The first kappa shape index (κ1) is 25.7. The second-order valence-corrected chi connectivity index (χ2v) is 13.8. The average Bonchev–Trinajstić information content (AvgIpc) is 3.63. The van der Waals surface area contributed by atoms with Gasteiger partial charge in [0, 0.05) is 26.8 Å². The van der Waals surface area contributed by atoms with Crippen molar-refractivity contribution in [1.82, 2.24) is 9.88 Å². The lowest BCUT2D eigenvalue weighted by Crippen LogP contribution is -2.42. The highest BCUT2D eigenvalue weighted by Gasteiger charge is 2.69. The van der Waals surface area contributed by atoms with E-state index in [1.54, 1.807) is 42.1 Å². The van der Waals surface area contributed by atoms with Gasteiger partial charge in [-0.25, -0.2) is 0 Å². The highest BCUT2D eigenvalue weighted by atomic mass is 35.5. The lowest BCUT2D eigenvalue weighted by Gasteiger charge is -2.43. The second kappa shape index (κ2) is 9.38. The van der Waals surface area contributed by atoms with E-state index in [-0.39, 0.29) is 52.2 Å². The second-order valence-electron chi connectivity index (χ2n) is 10.4. The molecule has 0 spiro atoms. The molecular weight excluding hydrogens is 601 g/mol. The Morgan fingerprint density at radius 2 is 1.72 bits per heavy atom. The Morgan fingerprint density at radius 1 is 1.00 bits per heavy atom. The van der Waals surface area contributed by atoms with Gasteiger partial charge in [0.05, 0.1) is 26.9 Å². The summed E-state index contributed by atoms with van der Waals surface area (Å²) >= 11 is 21.8. The Balaban J connectivity index is 1.21. The van der Waals surface area contributed by atoms with Crippen LogP contribution in [0.15, 0.2) is 52.3 Å². The summed E-state index contributed by atoms with van der Waals surface area (Å²) in [6, 6.07) is 12.1. The van der Waals surface area contributed by atoms with Gasteiger partial charge in [-0.2, -0.15) is 0 Å². The molecule has 3 aromatic rings. The average molecular weight is 621 g/mol. The molecule has 2 aliphatic carbocycles. The Kier molecular flexibility index (Phi) is 6.17. The quantitative estimate of drug-likeness (QED) is 0.375. The van der Waals surface area contributed by atoms with Crippen LogP contribution in [0.2, 0.25) is 15.1 Å². The van der Waals surface area contributed by atoms with Crippen molar-refractivity contribution in [2.24, 2.45) is 29.6 Å². The molecule has 1 aromatic heterocycles. The van der Waals surface area contributed by atoms with Crippen molar-refractivity contribution in [3.8, 4) is 0 Å². The minimum Gasteiger partial charge on any atom is -0.325 e. The van der Waals surface area contributed by atoms with E-state index in [2.05, 4.69) is 10.3 Å². The van der Waals surface area contributed by atoms with Gasteiger partial charge in [-0.15, -0.1) is 11.8 Å². The summed E-state index contributed by atoms with van der Waals surface area (Å²) in [5.41, 5.74) is 1.36. The SMILES string of the molecule is O=C(CN1C(=O)C2C3CC(C2C1=O)C1C3Sc2[nH]c(=O)sc2[C@@H]1c1cccc(Cl)c1Cl)Nc1ccc(Cl)cc1. The maximum absolute atomic E-state index is 13.7. The van der Waals surface area contributed by atoms with E-state index in [4.69, 9.17) is 34.8 Å². The molecule has 7 nitrogen and oxygen atoms in total. The molecule has 4 aliphatic rings. The summed E-state index contributed by atoms with van der Waals surface area (Å²) in [4.78, 5) is 57.4. The third kappa shape index (κ3) is 3.92. The van der Waals surface area contributed by atoms with Crippen LogP contribution in [0.25, 0.3) is 0 Å². The maximum Gasteiger partial charge on any atom is 0.305 e. The Morgan fingerprint density at radius 3 is 2.46 bits per heavy atom. The van der Waals surface area contributed by atoms with E-state index in [9.17, 15) is 19.2 Å². The highest BCUT2D eigenvalue weighted by molar-refractivity contribution is 8.00. The molecule has 3 fully saturated rings. The van der Waals surface area contributed by atoms with Gasteiger partial charge in [0.2, 0.25) is 17.7 Å². The fourth-order valence-electron chi connectivity index (χ4n) is 7.22. The molecule has 0 radical (unpaired) electrons. The molecule has 2 N–H and O–H groups in total. The molecule has 200 valence electrons. The molecule has 2 saturated carbocycles. The number of anilines is 1. The fraction of sp³-hybridized carbons (Fsp3) is 0.333. The summed E-state index contributed by atoms with van der Waals surface area (Å²) in [6.45, 7) is -0.334. The maximum atomic E-state index is 13.7. The number of likely N-dealkylation sites (tertiary alicyclic amines) is 1. The van der Waals surface area contributed by atoms with Crippen LogP contribution >= 0.6 is 57.9 Å². The van der Waals surface area contributed by atoms with Gasteiger partial charge < -0.3 is 10.3 Å². The van der Waals surface area contributed by atoms with Crippen molar-refractivity contribution in [2.75, 3.05) is 11.9 Å². The molecule has 39 heavy (non-hydrogen) atoms. The summed E-state index contributed by atoms with van der Waals surface area (Å²) < 4.78 is 0. The monoisotopic (exact) mass is 619 g/mol. The number of aromatic nitrogens is 1. The van der Waals surface area contributed by atoms with Gasteiger partial charge in [0.1, 0.15) is 6.54 Å². The molecule has 7 atom stereocenters. The lowest BCUT2D eigenvalue weighted by molar-refractivity contribution is -0.143. The summed E-state index contributed by atoms with van der Waals surface area (Å²) in [6.07, 6.45) is 0.744. The molecule has 7 rings (SSSR count). The van der Waals surface area contributed by atoms with E-state index in [0.717, 1.165) is 38.1 Å². The number of carbonyl (C=O) groups is 3. The van der Waals surface area contributed by atoms with Crippen LogP contribution in [0.5, 0.6) is 0 Å². The van der Waals surface area contributed by atoms with Crippen molar-refractivity contribution in [2.45, 2.75) is 22.6 Å². The number of rotatable bonds is 4. The van der Waals surface area contributed by atoms with E-state index in [1.807, 2.05) is 12.1 Å². The fourth-order valence-corrected chi connectivity index (χ4v) is 10.7.